The van der Waals surface area contributed by atoms with Gasteiger partial charge in [-0.1, -0.05) is 23.7 Å². The molecule has 1 atom stereocenters. The van der Waals surface area contributed by atoms with Crippen LogP contribution in [0, 0.1) is 5.82 Å². The first-order chi connectivity index (χ1) is 17.7. The number of aromatic nitrogens is 2. The Hall–Kier alpha value is -2.12. The predicted octanol–water partition coefficient (Wildman–Crippen LogP) is 5.48. The lowest BCUT2D eigenvalue weighted by molar-refractivity contribution is -0.143. The molecule has 0 fully saturated rings. The number of rotatable bonds is 10. The van der Waals surface area contributed by atoms with Crippen molar-refractivity contribution in [1.82, 2.24) is 14.3 Å². The van der Waals surface area contributed by atoms with E-state index in [1.165, 1.54) is 40.2 Å². The van der Waals surface area contributed by atoms with Crippen LogP contribution in [0.15, 0.2) is 45.7 Å². The third kappa shape index (κ3) is 7.29. The van der Waals surface area contributed by atoms with Crippen molar-refractivity contribution in [2.24, 2.45) is 0 Å². The number of carbonyl (C=O) groups is 1. The Balaban J connectivity index is 2.02. The molecular formula is C25H28BrClFN3O5S2. The van der Waals surface area contributed by atoms with Crippen LogP contribution >= 0.6 is 38.9 Å². The molecule has 38 heavy (non-hydrogen) atoms. The molecular weight excluding hydrogens is 621 g/mol. The molecule has 8 nitrogen and oxygen atoms in total. The van der Waals surface area contributed by atoms with Crippen LogP contribution in [-0.2, 0) is 32.5 Å². The number of ether oxygens (including phenoxy) is 1. The third-order valence-electron chi connectivity index (χ3n) is 5.61. The molecule has 0 bridgehead atoms. The van der Waals surface area contributed by atoms with E-state index in [2.05, 4.69) is 25.6 Å². The van der Waals surface area contributed by atoms with Crippen LogP contribution in [-0.4, -0.2) is 35.3 Å². The molecule has 2 aromatic heterocycles. The van der Waals surface area contributed by atoms with E-state index in [0.29, 0.717) is 20.5 Å². The Bertz CT molecular complexity index is 1470. The van der Waals surface area contributed by atoms with Crippen molar-refractivity contribution in [2.75, 3.05) is 6.61 Å². The van der Waals surface area contributed by atoms with Gasteiger partial charge in [0.15, 0.2) is 5.82 Å². The number of benzene rings is 1. The first-order valence-corrected chi connectivity index (χ1v) is 15.2. The Morgan fingerprint density at radius 2 is 1.89 bits per heavy atom. The van der Waals surface area contributed by atoms with Gasteiger partial charge in [0.05, 0.1) is 26.3 Å². The summed E-state index contributed by atoms with van der Waals surface area (Å²) in [5.74, 6) is -0.792. The Morgan fingerprint density at radius 1 is 1.24 bits per heavy atom. The predicted molar refractivity (Wildman–Crippen MR) is 150 cm³/mol. The highest BCUT2D eigenvalue weighted by atomic mass is 79.9. The topological polar surface area (TPSA) is 107 Å². The maximum Gasteiger partial charge on any atom is 0.326 e. The van der Waals surface area contributed by atoms with Crippen molar-refractivity contribution in [3.05, 3.63) is 72.6 Å². The van der Waals surface area contributed by atoms with Gasteiger partial charge in [0, 0.05) is 6.04 Å². The summed E-state index contributed by atoms with van der Waals surface area (Å²) in [4.78, 5) is 30.8. The molecule has 0 radical (unpaired) electrons. The molecule has 0 amide bonds. The van der Waals surface area contributed by atoms with Gasteiger partial charge in [-0.15, -0.1) is 11.3 Å². The van der Waals surface area contributed by atoms with Crippen LogP contribution in [0.3, 0.4) is 0 Å². The molecule has 0 saturated heterocycles. The van der Waals surface area contributed by atoms with Crippen LogP contribution in [0.5, 0.6) is 0 Å². The number of hydrogen-bond donors (Lipinski definition) is 1. The van der Waals surface area contributed by atoms with E-state index in [1.807, 2.05) is 0 Å². The maximum atomic E-state index is 13.6. The highest BCUT2D eigenvalue weighted by Gasteiger charge is 2.32. The summed E-state index contributed by atoms with van der Waals surface area (Å²) in [5, 5.41) is 0. The zero-order chi connectivity index (χ0) is 28.3. The normalized spacial score (nSPS) is 12.9. The molecule has 0 spiro atoms. The minimum atomic E-state index is -3.76. The molecule has 1 N–H and O–H groups in total. The SMILES string of the molecule is CCOC(=O)Cn1c(-c2ccc(Cl)s2)nc(CC[C@H](NS(=O)(=O)C(C)(C)C)c2ccc(F)cc2)c(Br)c1=O. The first kappa shape index (κ1) is 30.4. The smallest absolute Gasteiger partial charge is 0.326 e. The van der Waals surface area contributed by atoms with E-state index in [9.17, 15) is 22.4 Å². The minimum absolute atomic E-state index is 0.143. The maximum absolute atomic E-state index is 13.6. The fourth-order valence-corrected chi connectivity index (χ4v) is 6.00. The molecule has 0 unspecified atom stereocenters. The lowest BCUT2D eigenvalue weighted by Gasteiger charge is -2.26. The summed E-state index contributed by atoms with van der Waals surface area (Å²) in [5.41, 5.74) is 0.448. The minimum Gasteiger partial charge on any atom is -0.465 e. The molecule has 2 heterocycles. The van der Waals surface area contributed by atoms with E-state index in [0.717, 1.165) is 0 Å². The van der Waals surface area contributed by atoms with Crippen LogP contribution in [0.4, 0.5) is 4.39 Å². The van der Waals surface area contributed by atoms with Crippen LogP contribution in [0.25, 0.3) is 10.7 Å². The highest BCUT2D eigenvalue weighted by molar-refractivity contribution is 9.10. The monoisotopic (exact) mass is 647 g/mol. The lowest BCUT2D eigenvalue weighted by Crippen LogP contribution is -2.41. The lowest BCUT2D eigenvalue weighted by atomic mass is 10.0. The van der Waals surface area contributed by atoms with Crippen molar-refractivity contribution in [3.63, 3.8) is 0 Å². The van der Waals surface area contributed by atoms with E-state index in [-0.39, 0.29) is 36.3 Å². The molecule has 0 aliphatic rings. The third-order valence-corrected chi connectivity index (χ3v) is 9.85. The van der Waals surface area contributed by atoms with Crippen LogP contribution in [0.2, 0.25) is 4.34 Å². The molecule has 13 heteroatoms. The van der Waals surface area contributed by atoms with E-state index in [4.69, 9.17) is 16.3 Å². The van der Waals surface area contributed by atoms with Gasteiger partial charge in [-0.2, -0.15) is 0 Å². The number of aryl methyl sites for hydroxylation is 1. The average Bonchev–Trinajstić information content (AvgIpc) is 3.26. The van der Waals surface area contributed by atoms with E-state index < -0.39 is 38.2 Å². The summed E-state index contributed by atoms with van der Waals surface area (Å²) in [7, 11) is -3.76. The van der Waals surface area contributed by atoms with Crippen molar-refractivity contribution in [2.45, 2.75) is 57.9 Å². The summed E-state index contributed by atoms with van der Waals surface area (Å²) in [6, 6.07) is 8.21. The molecule has 1 aromatic carbocycles. The number of carbonyl (C=O) groups excluding carboxylic acids is 1. The van der Waals surface area contributed by atoms with Gasteiger partial charge in [0.1, 0.15) is 16.8 Å². The van der Waals surface area contributed by atoms with Crippen LogP contribution in [0.1, 0.15) is 51.4 Å². The van der Waals surface area contributed by atoms with Gasteiger partial charge >= 0.3 is 5.97 Å². The summed E-state index contributed by atoms with van der Waals surface area (Å²) in [6.45, 7) is 6.23. The van der Waals surface area contributed by atoms with Crippen molar-refractivity contribution in [1.29, 1.82) is 0 Å². The van der Waals surface area contributed by atoms with Crippen molar-refractivity contribution >= 4 is 54.9 Å². The second-order valence-corrected chi connectivity index (χ2v) is 14.3. The Kier molecular flexibility index (Phi) is 9.91. The second-order valence-electron chi connectivity index (χ2n) is 9.37. The summed E-state index contributed by atoms with van der Waals surface area (Å²) < 4.78 is 48.0. The van der Waals surface area contributed by atoms with Crippen molar-refractivity contribution in [3.8, 4) is 10.7 Å². The number of nitrogens with zero attached hydrogens (tertiary/aromatic N) is 2. The zero-order valence-electron chi connectivity index (χ0n) is 21.3. The average molecular weight is 649 g/mol. The second kappa shape index (κ2) is 12.4. The number of esters is 1. The van der Waals surface area contributed by atoms with Gasteiger partial charge < -0.3 is 4.74 Å². The number of sulfonamides is 1. The van der Waals surface area contributed by atoms with Gasteiger partial charge in [0.25, 0.3) is 5.56 Å². The Morgan fingerprint density at radius 3 is 2.45 bits per heavy atom. The molecule has 3 rings (SSSR count). The summed E-state index contributed by atoms with van der Waals surface area (Å²) in [6.07, 6.45) is 0.412. The number of hydrogen-bond acceptors (Lipinski definition) is 7. The largest absolute Gasteiger partial charge is 0.465 e. The summed E-state index contributed by atoms with van der Waals surface area (Å²) >= 11 is 10.6. The molecule has 0 aliphatic heterocycles. The molecule has 3 aromatic rings. The number of halogens is 3. The molecule has 0 saturated carbocycles. The quantitative estimate of drug-likeness (QED) is 0.292. The van der Waals surface area contributed by atoms with Gasteiger partial charge in [-0.3, -0.25) is 14.2 Å². The first-order valence-electron chi connectivity index (χ1n) is 11.7. The van der Waals surface area contributed by atoms with Gasteiger partial charge in [0.2, 0.25) is 10.0 Å². The van der Waals surface area contributed by atoms with E-state index in [1.54, 1.807) is 39.8 Å². The fraction of sp³-hybridized carbons (Fsp3) is 0.400. The van der Waals surface area contributed by atoms with Gasteiger partial charge in [-0.25, -0.2) is 22.5 Å². The zero-order valence-corrected chi connectivity index (χ0v) is 25.2. The fourth-order valence-electron chi connectivity index (χ4n) is 3.48. The molecule has 0 aliphatic carbocycles. The number of thiophene rings is 1. The van der Waals surface area contributed by atoms with E-state index >= 15 is 0 Å². The standard InChI is InChI=1S/C25H28BrClFN3O5S2/c1-5-36-21(32)14-31-23(19-12-13-20(27)37-19)29-18(22(26)24(31)33)11-10-17(15-6-8-16(28)9-7-15)30-38(34,35)25(2,3)4/h6-9,12-13,17,30H,5,10-11,14H2,1-4H3/t17-/m0/s1. The van der Waals surface area contributed by atoms with Crippen molar-refractivity contribution < 1.29 is 22.3 Å². The number of nitrogens with one attached hydrogen (secondary N) is 1. The molecule has 206 valence electrons. The van der Waals surface area contributed by atoms with Gasteiger partial charge in [-0.05, 0) is 86.3 Å². The highest BCUT2D eigenvalue weighted by Crippen LogP contribution is 2.31. The Labute approximate surface area is 238 Å². The van der Waals surface area contributed by atoms with Crippen LogP contribution < -0.4 is 10.3 Å².